The van der Waals surface area contributed by atoms with Crippen molar-refractivity contribution in [3.05, 3.63) is 72.0 Å². The first-order valence-electron chi connectivity index (χ1n) is 7.73. The summed E-state index contributed by atoms with van der Waals surface area (Å²) in [6.07, 6.45) is 11.6. The van der Waals surface area contributed by atoms with Gasteiger partial charge in [-0.2, -0.15) is 0 Å². The summed E-state index contributed by atoms with van der Waals surface area (Å²) in [6.45, 7) is 0.908. The molecule has 0 N–H and O–H groups in total. The van der Waals surface area contributed by atoms with Crippen LogP contribution in [0.1, 0.15) is 15.9 Å². The topological polar surface area (TPSA) is 62.9 Å². The van der Waals surface area contributed by atoms with Crippen molar-refractivity contribution in [2.45, 2.75) is 6.54 Å². The molecule has 0 radical (unpaired) electrons. The first kappa shape index (κ1) is 13.2. The number of hydrogen-bond acceptors (Lipinski definition) is 5. The van der Waals surface area contributed by atoms with Crippen LogP contribution in [0.4, 0.5) is 5.69 Å². The number of aliphatic imine (C=N–C) groups is 2. The van der Waals surface area contributed by atoms with Crippen LogP contribution >= 0.6 is 0 Å². The number of carbonyl (C=O) groups is 1. The monoisotopic (exact) mass is 315 g/mol. The molecule has 3 aliphatic heterocycles. The lowest BCUT2D eigenvalue weighted by atomic mass is 9.95. The number of ketones is 1. The molecule has 1 aromatic heterocycles. The Kier molecular flexibility index (Phi) is 2.67. The number of imidazole rings is 1. The number of fused-ring (bicyclic) bond motifs is 2. The third-order valence-corrected chi connectivity index (χ3v) is 4.31. The molecule has 0 saturated heterocycles. The fourth-order valence-corrected chi connectivity index (χ4v) is 3.21. The Morgan fingerprint density at radius 1 is 1.21 bits per heavy atom. The number of carbonyl (C=O) groups excluding carboxylic acids is 1. The number of allylic oxidation sites excluding steroid dienone is 2. The van der Waals surface area contributed by atoms with Gasteiger partial charge in [0.25, 0.3) is 0 Å². The van der Waals surface area contributed by atoms with Crippen molar-refractivity contribution in [1.82, 2.24) is 14.5 Å². The summed E-state index contributed by atoms with van der Waals surface area (Å²) in [6, 6.07) is 5.66. The van der Waals surface area contributed by atoms with Gasteiger partial charge in [0.05, 0.1) is 17.6 Å². The van der Waals surface area contributed by atoms with E-state index in [0.29, 0.717) is 5.56 Å². The third-order valence-electron chi connectivity index (χ3n) is 4.31. The summed E-state index contributed by atoms with van der Waals surface area (Å²) < 4.78 is 2.01. The predicted octanol–water partition coefficient (Wildman–Crippen LogP) is 2.33. The Hall–Kier alpha value is -3.28. The zero-order valence-corrected chi connectivity index (χ0v) is 12.8. The minimum Gasteiger partial charge on any atom is -0.333 e. The summed E-state index contributed by atoms with van der Waals surface area (Å²) in [7, 11) is 0. The number of rotatable bonds is 2. The van der Waals surface area contributed by atoms with E-state index in [9.17, 15) is 4.79 Å². The number of aromatic nitrogens is 2. The Balaban J connectivity index is 1.61. The van der Waals surface area contributed by atoms with Crippen LogP contribution < -0.4 is 0 Å². The molecule has 5 rings (SSSR count). The van der Waals surface area contributed by atoms with Crippen LogP contribution in [-0.2, 0) is 6.54 Å². The first-order valence-corrected chi connectivity index (χ1v) is 7.73. The molecule has 0 spiro atoms. The van der Waals surface area contributed by atoms with Gasteiger partial charge in [-0.05, 0) is 17.7 Å². The molecule has 2 aromatic rings. The number of amidine groups is 2. The average molecular weight is 315 g/mol. The molecule has 0 atom stereocenters. The van der Waals surface area contributed by atoms with Gasteiger partial charge in [-0.3, -0.25) is 14.7 Å². The molecule has 116 valence electrons. The third kappa shape index (κ3) is 1.89. The second kappa shape index (κ2) is 4.86. The van der Waals surface area contributed by atoms with Crippen LogP contribution in [0.15, 0.2) is 70.8 Å². The quantitative estimate of drug-likeness (QED) is 0.854. The molecule has 6 nitrogen and oxygen atoms in total. The van der Waals surface area contributed by atoms with Gasteiger partial charge in [-0.15, -0.1) is 0 Å². The minimum absolute atomic E-state index is 0.0458. The van der Waals surface area contributed by atoms with Gasteiger partial charge in [0.2, 0.25) is 0 Å². The Bertz CT molecular complexity index is 979. The summed E-state index contributed by atoms with van der Waals surface area (Å²) in [5, 5.41) is 0. The van der Waals surface area contributed by atoms with E-state index in [1.165, 1.54) is 0 Å². The van der Waals surface area contributed by atoms with Crippen LogP contribution in [-0.4, -0.2) is 38.5 Å². The van der Waals surface area contributed by atoms with Crippen molar-refractivity contribution >= 4 is 23.1 Å². The molecule has 0 aliphatic carbocycles. The Morgan fingerprint density at radius 3 is 3.04 bits per heavy atom. The molecule has 1 aromatic carbocycles. The molecule has 24 heavy (non-hydrogen) atoms. The minimum atomic E-state index is 0.0458. The molecule has 0 amide bonds. The number of hydrogen-bond donors (Lipinski definition) is 0. The van der Waals surface area contributed by atoms with Crippen molar-refractivity contribution in [3.8, 4) is 0 Å². The summed E-state index contributed by atoms with van der Waals surface area (Å²) in [4.78, 5) is 27.4. The molecular weight excluding hydrogens is 302 g/mol. The fourth-order valence-electron chi connectivity index (χ4n) is 3.21. The number of Topliss-reactive ketones (excluding diaryl/α,β-unsaturated/α-hetero) is 1. The highest BCUT2D eigenvalue weighted by Crippen LogP contribution is 2.34. The van der Waals surface area contributed by atoms with Crippen LogP contribution in [0, 0.1) is 0 Å². The molecule has 0 fully saturated rings. The molecule has 0 unspecified atom stereocenters. The normalized spacial score (nSPS) is 17.8. The van der Waals surface area contributed by atoms with Crippen LogP contribution in [0.2, 0.25) is 0 Å². The SMILES string of the molecule is O=C1CN=C2c3c(cccc31)N=C1C=CC(Cn3ccnc3)=CN12. The van der Waals surface area contributed by atoms with E-state index in [4.69, 9.17) is 0 Å². The van der Waals surface area contributed by atoms with Crippen molar-refractivity contribution in [1.29, 1.82) is 0 Å². The average Bonchev–Trinajstić information content (AvgIpc) is 3.11. The lowest BCUT2D eigenvalue weighted by Gasteiger charge is -2.33. The van der Waals surface area contributed by atoms with Gasteiger partial charge in [0.15, 0.2) is 5.78 Å². The summed E-state index contributed by atoms with van der Waals surface area (Å²) >= 11 is 0. The highest BCUT2D eigenvalue weighted by Gasteiger charge is 2.32. The van der Waals surface area contributed by atoms with Gasteiger partial charge >= 0.3 is 0 Å². The summed E-state index contributed by atoms with van der Waals surface area (Å²) in [5.41, 5.74) is 3.47. The van der Waals surface area contributed by atoms with Gasteiger partial charge in [0, 0.05) is 30.7 Å². The molecule has 6 heteroatoms. The maximum atomic E-state index is 12.1. The van der Waals surface area contributed by atoms with E-state index >= 15 is 0 Å². The van der Waals surface area contributed by atoms with Crippen LogP contribution in [0.25, 0.3) is 0 Å². The van der Waals surface area contributed by atoms with Crippen molar-refractivity contribution < 1.29 is 4.79 Å². The Morgan fingerprint density at radius 2 is 2.17 bits per heavy atom. The van der Waals surface area contributed by atoms with Crippen molar-refractivity contribution in [3.63, 3.8) is 0 Å². The first-order chi connectivity index (χ1) is 11.8. The van der Waals surface area contributed by atoms with Gasteiger partial charge in [0.1, 0.15) is 18.2 Å². The van der Waals surface area contributed by atoms with Crippen LogP contribution in [0.5, 0.6) is 0 Å². The maximum absolute atomic E-state index is 12.1. The second-order valence-electron chi connectivity index (χ2n) is 5.88. The van der Waals surface area contributed by atoms with Gasteiger partial charge in [-0.25, -0.2) is 9.98 Å². The van der Waals surface area contributed by atoms with Crippen molar-refractivity contribution in [2.75, 3.05) is 6.54 Å². The van der Waals surface area contributed by atoms with Gasteiger partial charge in [-0.1, -0.05) is 18.2 Å². The highest BCUT2D eigenvalue weighted by molar-refractivity contribution is 6.25. The largest absolute Gasteiger partial charge is 0.333 e. The van der Waals surface area contributed by atoms with E-state index in [-0.39, 0.29) is 12.3 Å². The van der Waals surface area contributed by atoms with E-state index < -0.39 is 0 Å². The number of benzene rings is 1. The van der Waals surface area contributed by atoms with Crippen LogP contribution in [0.3, 0.4) is 0 Å². The van der Waals surface area contributed by atoms with E-state index in [2.05, 4.69) is 21.0 Å². The zero-order chi connectivity index (χ0) is 16.1. The maximum Gasteiger partial charge on any atom is 0.185 e. The molecule has 0 saturated carbocycles. The van der Waals surface area contributed by atoms with E-state index in [1.54, 1.807) is 12.5 Å². The standard InChI is InChI=1S/C18H13N5O/c24-15-8-20-18-17-13(15)2-1-3-14(17)21-16-5-4-12(10-23(16)18)9-22-7-6-19-11-22/h1-7,10-11H,8-9H2. The zero-order valence-electron chi connectivity index (χ0n) is 12.8. The Labute approximate surface area is 138 Å². The highest BCUT2D eigenvalue weighted by atomic mass is 16.1. The summed E-state index contributed by atoms with van der Waals surface area (Å²) in [5.74, 6) is 1.67. The van der Waals surface area contributed by atoms with Crippen molar-refractivity contribution in [2.24, 2.45) is 9.98 Å². The lowest BCUT2D eigenvalue weighted by molar-refractivity contribution is 0.0999. The lowest BCUT2D eigenvalue weighted by Crippen LogP contribution is -2.39. The molecule has 4 heterocycles. The fraction of sp³-hybridized carbons (Fsp3) is 0.111. The second-order valence-corrected chi connectivity index (χ2v) is 5.88. The molecular formula is C18H13N5O. The van der Waals surface area contributed by atoms with E-state index in [1.807, 2.05) is 46.1 Å². The predicted molar refractivity (Wildman–Crippen MR) is 90.6 cm³/mol. The molecule has 0 bridgehead atoms. The van der Waals surface area contributed by atoms with E-state index in [0.717, 1.165) is 35.0 Å². The molecule has 3 aliphatic rings. The smallest absolute Gasteiger partial charge is 0.185 e. The van der Waals surface area contributed by atoms with Gasteiger partial charge < -0.3 is 4.57 Å². The number of nitrogens with zero attached hydrogens (tertiary/aromatic N) is 5.